The molecule has 2 heterocycles. The van der Waals surface area contributed by atoms with Crippen LogP contribution in [0.1, 0.15) is 5.69 Å². The number of H-pyrrole nitrogens is 1. The summed E-state index contributed by atoms with van der Waals surface area (Å²) >= 11 is 1.22. The van der Waals surface area contributed by atoms with Gasteiger partial charge in [0.15, 0.2) is 6.20 Å². The largest absolute Gasteiger partial charge is 0.618 e. The summed E-state index contributed by atoms with van der Waals surface area (Å²) in [5, 5.41) is 16.0. The van der Waals surface area contributed by atoms with Crippen molar-refractivity contribution in [3.05, 3.63) is 65.6 Å². The topological polar surface area (TPSA) is 71.8 Å². The minimum atomic E-state index is -0.104. The molecule has 0 aliphatic heterocycles. The van der Waals surface area contributed by atoms with Gasteiger partial charge in [-0.15, -0.1) is 0 Å². The summed E-state index contributed by atoms with van der Waals surface area (Å²) in [4.78, 5) is 15.1. The Morgan fingerprint density at radius 3 is 2.86 bits per heavy atom. The van der Waals surface area contributed by atoms with Gasteiger partial charge in [-0.3, -0.25) is 4.79 Å². The van der Waals surface area contributed by atoms with Crippen molar-refractivity contribution >= 4 is 28.6 Å². The van der Waals surface area contributed by atoms with Crippen LogP contribution in [0.5, 0.6) is 0 Å². The Kier molecular flexibility index (Phi) is 4.29. The molecule has 2 N–H and O–H groups in total. The van der Waals surface area contributed by atoms with Gasteiger partial charge in [0.25, 0.3) is 5.03 Å². The maximum Gasteiger partial charge on any atom is 0.251 e. The Balaban J connectivity index is 1.53. The number of carbonyl (C=O) groups is 1. The number of rotatable bonds is 5. The Hall–Kier alpha value is -2.47. The summed E-state index contributed by atoms with van der Waals surface area (Å²) in [6, 6.07) is 15.1. The lowest BCUT2D eigenvalue weighted by Gasteiger charge is -2.04. The first-order chi connectivity index (χ1) is 10.7. The number of hydrogen-bond acceptors (Lipinski definition) is 3. The van der Waals surface area contributed by atoms with E-state index in [0.29, 0.717) is 11.6 Å². The second-order valence-electron chi connectivity index (χ2n) is 4.81. The van der Waals surface area contributed by atoms with Crippen molar-refractivity contribution in [1.82, 2.24) is 10.3 Å². The van der Waals surface area contributed by atoms with Crippen molar-refractivity contribution in [2.45, 2.75) is 11.6 Å². The fraction of sp³-hybridized carbons (Fsp3) is 0.125. The van der Waals surface area contributed by atoms with Gasteiger partial charge in [0, 0.05) is 23.3 Å². The maximum atomic E-state index is 11.9. The summed E-state index contributed by atoms with van der Waals surface area (Å²) in [7, 11) is 0. The first-order valence-electron chi connectivity index (χ1n) is 6.87. The summed E-state index contributed by atoms with van der Waals surface area (Å²) in [6.45, 7) is 0.445. The molecule has 6 heteroatoms. The number of aromatic nitrogens is 2. The lowest BCUT2D eigenvalue weighted by atomic mass is 10.2. The Morgan fingerprint density at radius 1 is 1.23 bits per heavy atom. The first kappa shape index (κ1) is 14.5. The van der Waals surface area contributed by atoms with Gasteiger partial charge in [-0.25, -0.2) is 0 Å². The van der Waals surface area contributed by atoms with Crippen molar-refractivity contribution in [2.75, 3.05) is 5.75 Å². The molecule has 0 atom stereocenters. The van der Waals surface area contributed by atoms with Crippen LogP contribution in [-0.2, 0) is 11.3 Å². The second kappa shape index (κ2) is 6.53. The summed E-state index contributed by atoms with van der Waals surface area (Å²) in [5.74, 6) is 0.111. The van der Waals surface area contributed by atoms with E-state index in [1.165, 1.54) is 18.0 Å². The van der Waals surface area contributed by atoms with E-state index >= 15 is 0 Å². The molecule has 5 nitrogen and oxygen atoms in total. The lowest BCUT2D eigenvalue weighted by molar-refractivity contribution is -0.645. The zero-order valence-electron chi connectivity index (χ0n) is 11.8. The van der Waals surface area contributed by atoms with E-state index in [2.05, 4.69) is 10.3 Å². The van der Waals surface area contributed by atoms with E-state index in [9.17, 15) is 10.0 Å². The molecule has 0 aliphatic carbocycles. The lowest BCUT2D eigenvalue weighted by Crippen LogP contribution is -2.29. The average Bonchev–Trinajstić information content (AvgIpc) is 2.95. The number of amides is 1. The quantitative estimate of drug-likeness (QED) is 0.431. The number of nitrogens with one attached hydrogen (secondary N) is 2. The molecule has 0 unspecified atom stereocenters. The Morgan fingerprint density at radius 2 is 2.05 bits per heavy atom. The van der Waals surface area contributed by atoms with Crippen LogP contribution in [0.3, 0.4) is 0 Å². The fourth-order valence-electron chi connectivity index (χ4n) is 2.14. The van der Waals surface area contributed by atoms with Crippen LogP contribution < -0.4 is 10.0 Å². The van der Waals surface area contributed by atoms with Crippen molar-refractivity contribution in [1.29, 1.82) is 0 Å². The second-order valence-corrected chi connectivity index (χ2v) is 5.81. The number of hydrogen-bond donors (Lipinski definition) is 2. The number of nitrogens with zero attached hydrogens (tertiary/aromatic N) is 1. The van der Waals surface area contributed by atoms with Gasteiger partial charge in [-0.1, -0.05) is 18.2 Å². The van der Waals surface area contributed by atoms with Gasteiger partial charge in [0.2, 0.25) is 5.91 Å². The van der Waals surface area contributed by atoms with E-state index in [1.54, 1.807) is 18.2 Å². The zero-order chi connectivity index (χ0) is 15.4. The number of fused-ring (bicyclic) bond motifs is 1. The minimum absolute atomic E-state index is 0.104. The highest BCUT2D eigenvalue weighted by Crippen LogP contribution is 2.15. The molecule has 2 aromatic heterocycles. The Bertz CT molecular complexity index is 768. The average molecular weight is 313 g/mol. The van der Waals surface area contributed by atoms with Crippen molar-refractivity contribution in [3.63, 3.8) is 0 Å². The van der Waals surface area contributed by atoms with Crippen molar-refractivity contribution in [2.24, 2.45) is 0 Å². The minimum Gasteiger partial charge on any atom is -0.618 e. The normalized spacial score (nSPS) is 10.7. The number of benzene rings is 1. The van der Waals surface area contributed by atoms with Gasteiger partial charge in [-0.05, 0) is 35.3 Å². The number of para-hydroxylation sites is 1. The maximum absolute atomic E-state index is 11.9. The van der Waals surface area contributed by atoms with Gasteiger partial charge in [0.05, 0.1) is 12.3 Å². The Labute approximate surface area is 131 Å². The third-order valence-corrected chi connectivity index (χ3v) is 4.22. The third kappa shape index (κ3) is 3.40. The predicted molar refractivity (Wildman–Crippen MR) is 86.3 cm³/mol. The summed E-state index contributed by atoms with van der Waals surface area (Å²) in [6.07, 6.45) is 1.42. The fourth-order valence-corrected chi connectivity index (χ4v) is 2.88. The summed E-state index contributed by atoms with van der Waals surface area (Å²) in [5.41, 5.74) is 2.01. The van der Waals surface area contributed by atoms with E-state index in [0.717, 1.165) is 21.3 Å². The van der Waals surface area contributed by atoms with Crippen LogP contribution in [0.15, 0.2) is 59.8 Å². The smallest absolute Gasteiger partial charge is 0.251 e. The van der Waals surface area contributed by atoms with Crippen LogP contribution in [0.25, 0.3) is 10.9 Å². The SMILES string of the molecule is O=C(CSc1cccc[n+]1[O-])NCc1cc2ccccc2[nH]1. The van der Waals surface area contributed by atoms with Crippen LogP contribution in [0, 0.1) is 5.21 Å². The molecule has 112 valence electrons. The van der Waals surface area contributed by atoms with Crippen LogP contribution in [-0.4, -0.2) is 16.6 Å². The third-order valence-electron chi connectivity index (χ3n) is 3.20. The standard InChI is InChI=1S/C16H15N3O2S/c20-15(11-22-16-7-3-4-8-19(16)21)17-10-13-9-12-5-1-2-6-14(12)18-13/h1-9,18H,10-11H2,(H,17,20). The van der Waals surface area contributed by atoms with Gasteiger partial charge in [-0.2, -0.15) is 4.73 Å². The van der Waals surface area contributed by atoms with E-state index in [4.69, 9.17) is 0 Å². The molecule has 22 heavy (non-hydrogen) atoms. The molecule has 3 rings (SSSR count). The predicted octanol–water partition coefficient (Wildman–Crippen LogP) is 2.21. The van der Waals surface area contributed by atoms with Gasteiger partial charge >= 0.3 is 0 Å². The number of pyridine rings is 1. The van der Waals surface area contributed by atoms with E-state index in [1.807, 2.05) is 30.3 Å². The first-order valence-corrected chi connectivity index (χ1v) is 7.85. The van der Waals surface area contributed by atoms with Crippen molar-refractivity contribution in [3.8, 4) is 0 Å². The molecule has 1 amide bonds. The van der Waals surface area contributed by atoms with Crippen LogP contribution in [0.4, 0.5) is 0 Å². The highest BCUT2D eigenvalue weighted by atomic mass is 32.2. The molecule has 0 fully saturated rings. The molecular weight excluding hydrogens is 298 g/mol. The van der Waals surface area contributed by atoms with E-state index < -0.39 is 0 Å². The number of thioether (sulfide) groups is 1. The van der Waals surface area contributed by atoms with Crippen LogP contribution >= 0.6 is 11.8 Å². The number of carbonyl (C=O) groups excluding carboxylic acids is 1. The van der Waals surface area contributed by atoms with Gasteiger partial charge < -0.3 is 15.5 Å². The molecule has 0 aliphatic rings. The highest BCUT2D eigenvalue weighted by molar-refractivity contribution is 7.99. The molecule has 0 spiro atoms. The molecule has 3 aromatic rings. The zero-order valence-corrected chi connectivity index (χ0v) is 12.6. The number of aromatic amines is 1. The highest BCUT2D eigenvalue weighted by Gasteiger charge is 2.09. The van der Waals surface area contributed by atoms with Crippen molar-refractivity contribution < 1.29 is 9.52 Å². The molecule has 0 radical (unpaired) electrons. The molecule has 0 saturated carbocycles. The van der Waals surface area contributed by atoms with Gasteiger partial charge in [0.1, 0.15) is 0 Å². The molecular formula is C16H15N3O2S. The monoisotopic (exact) mass is 313 g/mol. The van der Waals surface area contributed by atoms with E-state index in [-0.39, 0.29) is 11.7 Å². The summed E-state index contributed by atoms with van der Waals surface area (Å²) < 4.78 is 0.760. The molecule has 1 aromatic carbocycles. The molecule has 0 saturated heterocycles. The molecule has 0 bridgehead atoms. The van der Waals surface area contributed by atoms with Crippen LogP contribution in [0.2, 0.25) is 0 Å².